The largest absolute Gasteiger partial charge is 0.412 e. The third-order valence-electron chi connectivity index (χ3n) is 7.76. The van der Waals surface area contributed by atoms with Crippen LogP contribution in [0.1, 0.15) is 50.5 Å². The van der Waals surface area contributed by atoms with E-state index in [1.807, 2.05) is 12.1 Å². The Bertz CT molecular complexity index is 676. The molecule has 1 heterocycles. The fraction of sp³-hybridized carbons (Fsp3) is 0.696. The first-order valence-corrected chi connectivity index (χ1v) is 10.9. The molecule has 0 spiro atoms. The Morgan fingerprint density at radius 1 is 1.07 bits per heavy atom. The molecule has 4 aliphatic carbocycles. The number of nitrogens with zero attached hydrogens (tertiary/aromatic N) is 1. The van der Waals surface area contributed by atoms with Gasteiger partial charge in [-0.3, -0.25) is 4.79 Å². The molecule has 5 aliphatic rings. The number of likely N-dealkylation sites (tertiary alicyclic amines) is 1. The third kappa shape index (κ3) is 4.62. The van der Waals surface area contributed by atoms with Gasteiger partial charge in [-0.25, -0.2) is 4.39 Å². The fourth-order valence-electron chi connectivity index (χ4n) is 6.82. The zero-order valence-corrected chi connectivity index (χ0v) is 17.9. The Morgan fingerprint density at radius 2 is 1.66 bits per heavy atom. The first-order chi connectivity index (χ1) is 13.1. The van der Waals surface area contributed by atoms with Gasteiger partial charge in [0.15, 0.2) is 0 Å². The number of amides is 1. The van der Waals surface area contributed by atoms with Crippen LogP contribution < -0.4 is 5.32 Å². The molecule has 6 heteroatoms. The molecule has 1 aromatic carbocycles. The van der Waals surface area contributed by atoms with Crippen LogP contribution >= 0.6 is 12.4 Å². The molecule has 1 unspecified atom stereocenters. The maximum atomic E-state index is 13.2. The SMILES string of the molecule is Cl.O.O=C(NC1CCN(CCc2ccc(F)cc2)C1)C12CC3CC(CC(C3)C1)C2. The Kier molecular flexibility index (Phi) is 6.91. The molecule has 0 aromatic heterocycles. The Labute approximate surface area is 179 Å². The summed E-state index contributed by atoms with van der Waals surface area (Å²) in [6.45, 7) is 2.99. The minimum atomic E-state index is -0.174. The van der Waals surface area contributed by atoms with Crippen molar-refractivity contribution < 1.29 is 14.7 Å². The maximum Gasteiger partial charge on any atom is 0.226 e. The normalized spacial score (nSPS) is 35.1. The molecule has 1 atom stereocenters. The number of hydrogen-bond donors (Lipinski definition) is 1. The highest BCUT2D eigenvalue weighted by molar-refractivity contribution is 5.85. The van der Waals surface area contributed by atoms with Crippen LogP contribution in [0.15, 0.2) is 24.3 Å². The van der Waals surface area contributed by atoms with Crippen molar-refractivity contribution in [3.63, 3.8) is 0 Å². The lowest BCUT2D eigenvalue weighted by Gasteiger charge is -2.55. The predicted molar refractivity (Wildman–Crippen MR) is 115 cm³/mol. The summed E-state index contributed by atoms with van der Waals surface area (Å²) in [4.78, 5) is 15.6. The number of benzene rings is 1. The standard InChI is InChI=1S/C23H31FN2O.ClH.H2O/c24-20-3-1-16(2-4-20)5-7-26-8-6-21(15-26)25-22(27)23-12-17-9-18(13-23)11-19(10-17)14-23;;/h1-4,17-19,21H,5-15H2,(H,25,27);1H;1H2. The second kappa shape index (κ2) is 8.91. The Balaban J connectivity index is 0.00000120. The van der Waals surface area contributed by atoms with E-state index in [4.69, 9.17) is 0 Å². The van der Waals surface area contributed by atoms with Gasteiger partial charge in [0, 0.05) is 31.1 Å². The summed E-state index contributed by atoms with van der Waals surface area (Å²) in [6, 6.07) is 7.12. The number of nitrogens with one attached hydrogen (secondary N) is 1. The molecule has 6 rings (SSSR count). The fourth-order valence-corrected chi connectivity index (χ4v) is 6.82. The van der Waals surface area contributed by atoms with Gasteiger partial charge in [0.1, 0.15) is 5.82 Å². The highest BCUT2D eigenvalue weighted by Gasteiger charge is 2.54. The van der Waals surface area contributed by atoms with E-state index < -0.39 is 0 Å². The smallest absolute Gasteiger partial charge is 0.226 e. The average molecular weight is 425 g/mol. The maximum absolute atomic E-state index is 13.2. The van der Waals surface area contributed by atoms with Gasteiger partial charge in [0.05, 0.1) is 0 Å². The summed E-state index contributed by atoms with van der Waals surface area (Å²) in [6.07, 6.45) is 9.58. The highest BCUT2D eigenvalue weighted by atomic mass is 35.5. The van der Waals surface area contributed by atoms with E-state index in [9.17, 15) is 9.18 Å². The lowest BCUT2D eigenvalue weighted by atomic mass is 9.49. The van der Waals surface area contributed by atoms with Crippen molar-refractivity contribution in [3.05, 3.63) is 35.6 Å². The highest BCUT2D eigenvalue weighted by Crippen LogP contribution is 2.60. The molecule has 1 aliphatic heterocycles. The van der Waals surface area contributed by atoms with Crippen molar-refractivity contribution in [3.8, 4) is 0 Å². The molecule has 3 N–H and O–H groups in total. The Hall–Kier alpha value is -1.17. The summed E-state index contributed by atoms with van der Waals surface area (Å²) >= 11 is 0. The first-order valence-electron chi connectivity index (χ1n) is 10.9. The molecule has 1 amide bonds. The van der Waals surface area contributed by atoms with Gasteiger partial charge >= 0.3 is 0 Å². The zero-order valence-electron chi connectivity index (χ0n) is 17.0. The van der Waals surface area contributed by atoms with Crippen molar-refractivity contribution in [1.29, 1.82) is 0 Å². The van der Waals surface area contributed by atoms with Crippen molar-refractivity contribution in [2.24, 2.45) is 23.2 Å². The van der Waals surface area contributed by atoms with Gasteiger partial charge < -0.3 is 15.7 Å². The Morgan fingerprint density at radius 3 is 2.24 bits per heavy atom. The van der Waals surface area contributed by atoms with Crippen LogP contribution in [0.25, 0.3) is 0 Å². The summed E-state index contributed by atoms with van der Waals surface area (Å²) < 4.78 is 13.0. The number of rotatable bonds is 5. The number of carbonyl (C=O) groups excluding carboxylic acids is 1. The molecule has 1 aromatic rings. The van der Waals surface area contributed by atoms with Crippen molar-refractivity contribution in [2.75, 3.05) is 19.6 Å². The van der Waals surface area contributed by atoms with Crippen LogP contribution in [0.3, 0.4) is 0 Å². The molecule has 4 bridgehead atoms. The van der Waals surface area contributed by atoms with Crippen molar-refractivity contribution in [2.45, 2.75) is 57.4 Å². The van der Waals surface area contributed by atoms with E-state index in [0.29, 0.717) is 11.9 Å². The quantitative estimate of drug-likeness (QED) is 0.787. The van der Waals surface area contributed by atoms with E-state index >= 15 is 0 Å². The van der Waals surface area contributed by atoms with Crippen LogP contribution in [0.4, 0.5) is 4.39 Å². The molecular weight excluding hydrogens is 391 g/mol. The molecule has 162 valence electrons. The summed E-state index contributed by atoms with van der Waals surface area (Å²) in [5.41, 5.74) is 1.15. The second-order valence-corrected chi connectivity index (χ2v) is 9.83. The lowest BCUT2D eigenvalue weighted by molar-refractivity contribution is -0.146. The minimum absolute atomic E-state index is 0. The van der Waals surface area contributed by atoms with E-state index in [1.165, 1.54) is 37.0 Å². The van der Waals surface area contributed by atoms with E-state index in [2.05, 4.69) is 10.2 Å². The molecule has 4 nitrogen and oxygen atoms in total. The van der Waals surface area contributed by atoms with Gasteiger partial charge in [0.25, 0.3) is 0 Å². The van der Waals surface area contributed by atoms with Crippen LogP contribution in [0.2, 0.25) is 0 Å². The third-order valence-corrected chi connectivity index (χ3v) is 7.76. The topological polar surface area (TPSA) is 63.8 Å². The number of hydrogen-bond acceptors (Lipinski definition) is 2. The predicted octanol–water partition coefficient (Wildman–Crippen LogP) is 3.37. The second-order valence-electron chi connectivity index (χ2n) is 9.83. The van der Waals surface area contributed by atoms with Gasteiger partial charge in [-0.2, -0.15) is 0 Å². The van der Waals surface area contributed by atoms with Crippen LogP contribution in [0, 0.1) is 29.0 Å². The average Bonchev–Trinajstić information content (AvgIpc) is 3.07. The molecule has 5 fully saturated rings. The van der Waals surface area contributed by atoms with E-state index in [1.54, 1.807) is 0 Å². The number of halogens is 2. The van der Waals surface area contributed by atoms with E-state index in [-0.39, 0.29) is 29.1 Å². The minimum Gasteiger partial charge on any atom is -0.412 e. The van der Waals surface area contributed by atoms with E-state index in [0.717, 1.165) is 69.5 Å². The van der Waals surface area contributed by atoms with Crippen LogP contribution in [-0.4, -0.2) is 42.0 Å². The van der Waals surface area contributed by atoms with Crippen molar-refractivity contribution >= 4 is 18.3 Å². The van der Waals surface area contributed by atoms with Crippen molar-refractivity contribution in [1.82, 2.24) is 10.2 Å². The summed E-state index contributed by atoms with van der Waals surface area (Å²) in [5.74, 6) is 2.65. The zero-order chi connectivity index (χ0) is 18.4. The van der Waals surface area contributed by atoms with Gasteiger partial charge in [-0.15, -0.1) is 12.4 Å². The first kappa shape index (κ1) is 22.5. The molecule has 29 heavy (non-hydrogen) atoms. The lowest BCUT2D eigenvalue weighted by Crippen LogP contribution is -2.55. The monoisotopic (exact) mass is 424 g/mol. The van der Waals surface area contributed by atoms with Gasteiger partial charge in [0.2, 0.25) is 5.91 Å². The molecular formula is C23H34ClFN2O2. The van der Waals surface area contributed by atoms with Gasteiger partial charge in [-0.1, -0.05) is 12.1 Å². The summed E-state index contributed by atoms with van der Waals surface area (Å²) in [7, 11) is 0. The molecule has 1 saturated heterocycles. The summed E-state index contributed by atoms with van der Waals surface area (Å²) in [5, 5.41) is 3.44. The van der Waals surface area contributed by atoms with Gasteiger partial charge in [-0.05, 0) is 86.8 Å². The van der Waals surface area contributed by atoms with Crippen LogP contribution in [-0.2, 0) is 11.2 Å². The molecule has 0 radical (unpaired) electrons. The number of carbonyl (C=O) groups is 1. The molecule has 4 saturated carbocycles. The van der Waals surface area contributed by atoms with Crippen LogP contribution in [0.5, 0.6) is 0 Å².